The van der Waals surface area contributed by atoms with Crippen molar-refractivity contribution in [3.63, 3.8) is 0 Å². The van der Waals surface area contributed by atoms with Crippen molar-refractivity contribution in [1.29, 1.82) is 0 Å². The van der Waals surface area contributed by atoms with Crippen LogP contribution < -0.4 is 10.6 Å². The summed E-state index contributed by atoms with van der Waals surface area (Å²) in [4.78, 5) is 11.3. The van der Waals surface area contributed by atoms with Crippen molar-refractivity contribution in [2.45, 2.75) is 13.0 Å². The Morgan fingerprint density at radius 3 is 2.20 bits per heavy atom. The van der Waals surface area contributed by atoms with E-state index in [1.807, 2.05) is 36.4 Å². The fourth-order valence-corrected chi connectivity index (χ4v) is 2.08. The molecule has 0 heterocycles. The van der Waals surface area contributed by atoms with E-state index in [1.165, 1.54) is 5.56 Å². The summed E-state index contributed by atoms with van der Waals surface area (Å²) < 4.78 is 1.08. The Morgan fingerprint density at radius 2 is 1.60 bits per heavy atom. The number of hydrogen-bond donors (Lipinski definition) is 2. The summed E-state index contributed by atoms with van der Waals surface area (Å²) in [6, 6.07) is 16.2. The van der Waals surface area contributed by atoms with Crippen LogP contribution in [-0.4, -0.2) is 13.0 Å². The summed E-state index contributed by atoms with van der Waals surface area (Å²) in [5.74, 6) is 0.0283. The molecule has 3 nitrogen and oxygen atoms in total. The van der Waals surface area contributed by atoms with Crippen LogP contribution >= 0.6 is 15.9 Å². The molecule has 2 aromatic rings. The lowest BCUT2D eigenvalue weighted by atomic mass is 10.1. The number of likely N-dealkylation sites (N-methyl/N-ethyl adjacent to an activating group) is 1. The van der Waals surface area contributed by atoms with Crippen LogP contribution in [0.4, 0.5) is 5.69 Å². The van der Waals surface area contributed by atoms with Gasteiger partial charge in [-0.05, 0) is 35.4 Å². The van der Waals surface area contributed by atoms with Gasteiger partial charge in [-0.15, -0.1) is 0 Å². The number of benzene rings is 2. The van der Waals surface area contributed by atoms with Crippen LogP contribution in [0.5, 0.6) is 0 Å². The van der Waals surface area contributed by atoms with E-state index in [9.17, 15) is 4.79 Å². The van der Waals surface area contributed by atoms with Gasteiger partial charge < -0.3 is 10.6 Å². The fraction of sp³-hybridized carbons (Fsp3) is 0.188. The lowest BCUT2D eigenvalue weighted by Gasteiger charge is -2.08. The zero-order valence-corrected chi connectivity index (χ0v) is 12.9. The minimum absolute atomic E-state index is 0.0283. The molecule has 0 unspecified atom stereocenters. The molecule has 0 atom stereocenters. The van der Waals surface area contributed by atoms with Crippen LogP contribution in [0.3, 0.4) is 0 Å². The van der Waals surface area contributed by atoms with Gasteiger partial charge in [0, 0.05) is 23.8 Å². The van der Waals surface area contributed by atoms with Crippen LogP contribution in [0.25, 0.3) is 0 Å². The predicted octanol–water partition coefficient (Wildman–Crippen LogP) is 3.35. The molecule has 20 heavy (non-hydrogen) atoms. The van der Waals surface area contributed by atoms with Crippen LogP contribution in [0, 0.1) is 0 Å². The van der Waals surface area contributed by atoms with E-state index >= 15 is 0 Å². The van der Waals surface area contributed by atoms with E-state index in [0.717, 1.165) is 22.3 Å². The molecule has 0 saturated heterocycles. The summed E-state index contributed by atoms with van der Waals surface area (Å²) in [6.45, 7) is 0.780. The second-order valence-electron chi connectivity index (χ2n) is 4.53. The Bertz CT molecular complexity index is 564. The maximum atomic E-state index is 11.3. The molecule has 0 aromatic heterocycles. The highest BCUT2D eigenvalue weighted by Crippen LogP contribution is 2.14. The van der Waals surface area contributed by atoms with Gasteiger partial charge in [0.2, 0.25) is 5.91 Å². The minimum atomic E-state index is 0.0283. The minimum Gasteiger partial charge on any atom is -0.381 e. The third-order valence-corrected chi connectivity index (χ3v) is 3.54. The molecule has 0 bridgehead atoms. The Labute approximate surface area is 127 Å². The first-order valence-electron chi connectivity index (χ1n) is 6.45. The molecule has 1 amide bonds. The van der Waals surface area contributed by atoms with Crippen LogP contribution in [0.15, 0.2) is 53.0 Å². The maximum absolute atomic E-state index is 11.3. The van der Waals surface area contributed by atoms with Gasteiger partial charge >= 0.3 is 0 Å². The zero-order valence-electron chi connectivity index (χ0n) is 11.3. The van der Waals surface area contributed by atoms with Crippen molar-refractivity contribution < 1.29 is 4.79 Å². The van der Waals surface area contributed by atoms with E-state index in [0.29, 0.717) is 6.42 Å². The number of hydrogen-bond acceptors (Lipinski definition) is 2. The molecule has 0 aliphatic heterocycles. The molecular weight excluding hydrogens is 316 g/mol. The molecule has 0 saturated carbocycles. The largest absolute Gasteiger partial charge is 0.381 e. The van der Waals surface area contributed by atoms with Crippen molar-refractivity contribution in [2.75, 3.05) is 12.4 Å². The molecule has 0 aliphatic rings. The first-order valence-corrected chi connectivity index (χ1v) is 7.24. The topological polar surface area (TPSA) is 41.1 Å². The van der Waals surface area contributed by atoms with Crippen molar-refractivity contribution in [2.24, 2.45) is 0 Å². The average molecular weight is 333 g/mol. The molecule has 104 valence electrons. The van der Waals surface area contributed by atoms with E-state index in [2.05, 4.69) is 38.7 Å². The van der Waals surface area contributed by atoms with Gasteiger partial charge in [0.15, 0.2) is 0 Å². The SMILES string of the molecule is CNC(=O)Cc1ccc(NCc2ccc(Br)cc2)cc1. The summed E-state index contributed by atoms with van der Waals surface area (Å²) in [7, 11) is 1.65. The summed E-state index contributed by atoms with van der Waals surface area (Å²) in [6.07, 6.45) is 0.420. The number of amides is 1. The first-order chi connectivity index (χ1) is 9.67. The monoisotopic (exact) mass is 332 g/mol. The number of rotatable bonds is 5. The van der Waals surface area contributed by atoms with Gasteiger partial charge in [-0.2, -0.15) is 0 Å². The Morgan fingerprint density at radius 1 is 1.00 bits per heavy atom. The summed E-state index contributed by atoms with van der Waals surface area (Å²) in [5.41, 5.74) is 3.29. The van der Waals surface area contributed by atoms with Crippen molar-refractivity contribution in [3.8, 4) is 0 Å². The Kier molecular flexibility index (Phi) is 5.18. The van der Waals surface area contributed by atoms with Crippen LogP contribution in [-0.2, 0) is 17.8 Å². The standard InChI is InChI=1S/C16H17BrN2O/c1-18-16(20)10-12-4-8-15(9-5-12)19-11-13-2-6-14(17)7-3-13/h2-9,19H,10-11H2,1H3,(H,18,20). The number of nitrogens with one attached hydrogen (secondary N) is 2. The second kappa shape index (κ2) is 7.10. The lowest BCUT2D eigenvalue weighted by molar-refractivity contribution is -0.119. The highest BCUT2D eigenvalue weighted by molar-refractivity contribution is 9.10. The molecule has 0 spiro atoms. The Balaban J connectivity index is 1.90. The van der Waals surface area contributed by atoms with Gasteiger partial charge in [0.1, 0.15) is 0 Å². The van der Waals surface area contributed by atoms with Crippen molar-refractivity contribution in [3.05, 3.63) is 64.1 Å². The van der Waals surface area contributed by atoms with Crippen molar-refractivity contribution >= 4 is 27.5 Å². The quantitative estimate of drug-likeness (QED) is 0.881. The molecule has 0 aliphatic carbocycles. The molecular formula is C16H17BrN2O. The van der Waals surface area contributed by atoms with Crippen LogP contribution in [0.2, 0.25) is 0 Å². The first kappa shape index (κ1) is 14.6. The van der Waals surface area contributed by atoms with E-state index in [-0.39, 0.29) is 5.91 Å². The second-order valence-corrected chi connectivity index (χ2v) is 5.44. The molecule has 0 fully saturated rings. The van der Waals surface area contributed by atoms with Gasteiger partial charge in [-0.1, -0.05) is 40.2 Å². The molecule has 2 rings (SSSR count). The molecule has 4 heteroatoms. The zero-order chi connectivity index (χ0) is 14.4. The third-order valence-electron chi connectivity index (χ3n) is 3.01. The smallest absolute Gasteiger partial charge is 0.224 e. The molecule has 2 N–H and O–H groups in total. The number of carbonyl (C=O) groups excluding carboxylic acids is 1. The van der Waals surface area contributed by atoms with Gasteiger partial charge in [-0.25, -0.2) is 0 Å². The van der Waals surface area contributed by atoms with Gasteiger partial charge in [0.05, 0.1) is 6.42 Å². The summed E-state index contributed by atoms with van der Waals surface area (Å²) >= 11 is 3.42. The Hall–Kier alpha value is -1.81. The van der Waals surface area contributed by atoms with Crippen molar-refractivity contribution in [1.82, 2.24) is 5.32 Å². The van der Waals surface area contributed by atoms with E-state index in [1.54, 1.807) is 7.05 Å². The highest BCUT2D eigenvalue weighted by Gasteiger charge is 2.00. The third kappa shape index (κ3) is 4.38. The van der Waals surface area contributed by atoms with E-state index in [4.69, 9.17) is 0 Å². The molecule has 2 aromatic carbocycles. The number of halogens is 1. The van der Waals surface area contributed by atoms with Gasteiger partial charge in [-0.3, -0.25) is 4.79 Å². The average Bonchev–Trinajstić information content (AvgIpc) is 2.48. The maximum Gasteiger partial charge on any atom is 0.224 e. The predicted molar refractivity (Wildman–Crippen MR) is 85.7 cm³/mol. The fourth-order valence-electron chi connectivity index (χ4n) is 1.82. The highest BCUT2D eigenvalue weighted by atomic mass is 79.9. The lowest BCUT2D eigenvalue weighted by Crippen LogP contribution is -2.19. The van der Waals surface area contributed by atoms with Gasteiger partial charge in [0.25, 0.3) is 0 Å². The number of carbonyl (C=O) groups is 1. The summed E-state index contributed by atoms with van der Waals surface area (Å²) in [5, 5.41) is 5.98. The molecule has 0 radical (unpaired) electrons. The normalized spacial score (nSPS) is 10.1. The van der Waals surface area contributed by atoms with Crippen LogP contribution in [0.1, 0.15) is 11.1 Å². The number of anilines is 1. The van der Waals surface area contributed by atoms with E-state index < -0.39 is 0 Å².